The molecule has 2 unspecified atom stereocenters. The summed E-state index contributed by atoms with van der Waals surface area (Å²) in [7, 11) is 3.50. The molecular weight excluding hydrogens is 354 g/mol. The van der Waals surface area contributed by atoms with Gasteiger partial charge in [0.15, 0.2) is 0 Å². The van der Waals surface area contributed by atoms with Gasteiger partial charge in [-0.1, -0.05) is 30.3 Å². The van der Waals surface area contributed by atoms with Crippen LogP contribution >= 0.6 is 0 Å². The number of methoxy groups -OCH3 is 1. The highest BCUT2D eigenvalue weighted by Gasteiger charge is 2.30. The second-order valence-corrected chi connectivity index (χ2v) is 6.96. The molecule has 0 saturated carbocycles. The third-order valence-electron chi connectivity index (χ3n) is 5.15. The summed E-state index contributed by atoms with van der Waals surface area (Å²) in [6.45, 7) is 1.36. The van der Waals surface area contributed by atoms with Gasteiger partial charge >= 0.3 is 0 Å². The van der Waals surface area contributed by atoms with Crippen LogP contribution in [0.4, 0.5) is 0 Å². The van der Waals surface area contributed by atoms with E-state index >= 15 is 0 Å². The molecular formula is C22H27N3O3. The molecule has 6 heteroatoms. The van der Waals surface area contributed by atoms with Crippen LogP contribution < -0.4 is 15.4 Å². The summed E-state index contributed by atoms with van der Waals surface area (Å²) >= 11 is 0. The zero-order valence-corrected chi connectivity index (χ0v) is 16.4. The first kappa shape index (κ1) is 19.9. The zero-order chi connectivity index (χ0) is 19.9. The van der Waals surface area contributed by atoms with Gasteiger partial charge in [0, 0.05) is 24.7 Å². The number of benzene rings is 2. The van der Waals surface area contributed by atoms with Gasteiger partial charge in [-0.25, -0.2) is 0 Å². The van der Waals surface area contributed by atoms with E-state index in [4.69, 9.17) is 4.74 Å². The third kappa shape index (κ3) is 4.70. The monoisotopic (exact) mass is 381 g/mol. The van der Waals surface area contributed by atoms with Crippen molar-refractivity contribution < 1.29 is 14.3 Å². The molecule has 1 aliphatic rings. The van der Waals surface area contributed by atoms with Crippen molar-refractivity contribution in [3.63, 3.8) is 0 Å². The Hall–Kier alpha value is -2.86. The number of amides is 2. The van der Waals surface area contributed by atoms with Gasteiger partial charge in [-0.3, -0.25) is 9.59 Å². The first-order valence-electron chi connectivity index (χ1n) is 9.58. The molecule has 0 radical (unpaired) electrons. The minimum Gasteiger partial charge on any atom is -0.497 e. The lowest BCUT2D eigenvalue weighted by Crippen LogP contribution is -2.50. The maximum atomic E-state index is 13.3. The number of nitrogens with one attached hydrogen (secondary N) is 2. The van der Waals surface area contributed by atoms with Gasteiger partial charge in [-0.15, -0.1) is 0 Å². The van der Waals surface area contributed by atoms with E-state index in [0.717, 1.165) is 18.4 Å². The molecule has 1 fully saturated rings. The number of carbonyl (C=O) groups excluding carboxylic acids is 2. The van der Waals surface area contributed by atoms with E-state index in [0.29, 0.717) is 24.4 Å². The Morgan fingerprint density at radius 3 is 2.46 bits per heavy atom. The molecule has 2 amide bonds. The Kier molecular flexibility index (Phi) is 6.66. The summed E-state index contributed by atoms with van der Waals surface area (Å²) in [5.74, 6) is 0.318. The molecule has 6 nitrogen and oxygen atoms in total. The fraction of sp³-hybridized carbons (Fsp3) is 0.364. The van der Waals surface area contributed by atoms with Crippen molar-refractivity contribution in [2.45, 2.75) is 24.9 Å². The Balaban J connectivity index is 1.80. The standard InChI is InChI=1S/C22H27N3O3/c1-23-18-9-6-14-25(15-18)22(27)20(16-7-4-3-5-8-16)24-21(26)17-10-12-19(28-2)13-11-17/h3-5,7-8,10-13,18,20,23H,6,9,14-15H2,1-2H3,(H,24,26). The van der Waals surface area contributed by atoms with Gasteiger partial charge in [0.05, 0.1) is 7.11 Å². The maximum absolute atomic E-state index is 13.3. The molecule has 3 rings (SSSR count). The van der Waals surface area contributed by atoms with E-state index in [9.17, 15) is 9.59 Å². The van der Waals surface area contributed by atoms with Gasteiger partial charge in [0.1, 0.15) is 11.8 Å². The van der Waals surface area contributed by atoms with Crippen LogP contribution in [0.25, 0.3) is 0 Å². The van der Waals surface area contributed by atoms with E-state index in [1.165, 1.54) is 0 Å². The largest absolute Gasteiger partial charge is 0.497 e. The minimum atomic E-state index is -0.716. The van der Waals surface area contributed by atoms with Crippen molar-refractivity contribution in [2.24, 2.45) is 0 Å². The second kappa shape index (κ2) is 9.37. The fourth-order valence-corrected chi connectivity index (χ4v) is 3.49. The number of hydrogen-bond donors (Lipinski definition) is 2. The highest BCUT2D eigenvalue weighted by Crippen LogP contribution is 2.20. The topological polar surface area (TPSA) is 70.7 Å². The lowest BCUT2D eigenvalue weighted by atomic mass is 10.0. The van der Waals surface area contributed by atoms with E-state index in [-0.39, 0.29) is 17.9 Å². The van der Waals surface area contributed by atoms with Crippen LogP contribution in [0.3, 0.4) is 0 Å². The highest BCUT2D eigenvalue weighted by molar-refractivity contribution is 5.98. The first-order valence-corrected chi connectivity index (χ1v) is 9.58. The SMILES string of the molecule is CNC1CCCN(C(=O)C(NC(=O)c2ccc(OC)cc2)c2ccccc2)C1. The summed E-state index contributed by atoms with van der Waals surface area (Å²) in [5.41, 5.74) is 1.27. The summed E-state index contributed by atoms with van der Waals surface area (Å²) in [6, 6.07) is 15.8. The second-order valence-electron chi connectivity index (χ2n) is 6.96. The van der Waals surface area contributed by atoms with Gasteiger partial charge in [-0.05, 0) is 49.7 Å². The third-order valence-corrected chi connectivity index (χ3v) is 5.15. The van der Waals surface area contributed by atoms with Crippen LogP contribution in [0.5, 0.6) is 5.75 Å². The number of ether oxygens (including phenoxy) is 1. The van der Waals surface area contributed by atoms with Gasteiger partial charge in [-0.2, -0.15) is 0 Å². The molecule has 0 aliphatic carbocycles. The molecule has 0 aromatic heterocycles. The quantitative estimate of drug-likeness (QED) is 0.806. The number of nitrogens with zero attached hydrogens (tertiary/aromatic N) is 1. The van der Waals surface area contributed by atoms with E-state index in [1.807, 2.05) is 42.3 Å². The molecule has 0 spiro atoms. The maximum Gasteiger partial charge on any atom is 0.252 e. The predicted molar refractivity (Wildman–Crippen MR) is 108 cm³/mol. The Morgan fingerprint density at radius 2 is 1.82 bits per heavy atom. The number of hydrogen-bond acceptors (Lipinski definition) is 4. The van der Waals surface area contributed by atoms with Crippen LogP contribution in [-0.2, 0) is 4.79 Å². The lowest BCUT2D eigenvalue weighted by molar-refractivity contribution is -0.134. The number of rotatable bonds is 6. The summed E-state index contributed by atoms with van der Waals surface area (Å²) in [4.78, 5) is 27.9. The molecule has 1 aliphatic heterocycles. The number of piperidine rings is 1. The average Bonchev–Trinajstić information content (AvgIpc) is 2.77. The molecule has 0 bridgehead atoms. The smallest absolute Gasteiger partial charge is 0.252 e. The lowest BCUT2D eigenvalue weighted by Gasteiger charge is -2.35. The Bertz CT molecular complexity index is 792. The highest BCUT2D eigenvalue weighted by atomic mass is 16.5. The zero-order valence-electron chi connectivity index (χ0n) is 16.4. The summed E-state index contributed by atoms with van der Waals surface area (Å²) in [6.07, 6.45) is 2.00. The van der Waals surface area contributed by atoms with Crippen LogP contribution in [0.2, 0.25) is 0 Å². The van der Waals surface area contributed by atoms with Gasteiger partial charge < -0.3 is 20.3 Å². The van der Waals surface area contributed by atoms with Crippen molar-refractivity contribution >= 4 is 11.8 Å². The van der Waals surface area contributed by atoms with Crippen molar-refractivity contribution in [3.8, 4) is 5.75 Å². The number of likely N-dealkylation sites (N-methyl/N-ethyl adjacent to an activating group) is 1. The van der Waals surface area contributed by atoms with Crippen LogP contribution in [-0.4, -0.2) is 50.0 Å². The number of likely N-dealkylation sites (tertiary alicyclic amines) is 1. The molecule has 1 heterocycles. The van der Waals surface area contributed by atoms with Crippen molar-refractivity contribution in [1.29, 1.82) is 0 Å². The van der Waals surface area contributed by atoms with E-state index in [2.05, 4.69) is 10.6 Å². The number of carbonyl (C=O) groups is 2. The van der Waals surface area contributed by atoms with Crippen LogP contribution in [0.1, 0.15) is 34.8 Å². The normalized spacial score (nSPS) is 17.6. The molecule has 28 heavy (non-hydrogen) atoms. The van der Waals surface area contributed by atoms with Crippen molar-refractivity contribution in [1.82, 2.24) is 15.5 Å². The summed E-state index contributed by atoms with van der Waals surface area (Å²) < 4.78 is 5.14. The van der Waals surface area contributed by atoms with Gasteiger partial charge in [0.25, 0.3) is 5.91 Å². The molecule has 1 saturated heterocycles. The van der Waals surface area contributed by atoms with Crippen LogP contribution in [0.15, 0.2) is 54.6 Å². The molecule has 2 atom stereocenters. The Morgan fingerprint density at radius 1 is 1.11 bits per heavy atom. The average molecular weight is 381 g/mol. The Labute approximate surface area is 165 Å². The predicted octanol–water partition coefficient (Wildman–Crippen LogP) is 2.38. The first-order chi connectivity index (χ1) is 13.6. The molecule has 2 aromatic rings. The van der Waals surface area contributed by atoms with Crippen LogP contribution in [0, 0.1) is 0 Å². The molecule has 2 N–H and O–H groups in total. The minimum absolute atomic E-state index is 0.0759. The van der Waals surface area contributed by atoms with Crippen molar-refractivity contribution in [3.05, 3.63) is 65.7 Å². The van der Waals surface area contributed by atoms with E-state index < -0.39 is 6.04 Å². The molecule has 2 aromatic carbocycles. The van der Waals surface area contributed by atoms with Crippen molar-refractivity contribution in [2.75, 3.05) is 27.2 Å². The van der Waals surface area contributed by atoms with E-state index in [1.54, 1.807) is 31.4 Å². The van der Waals surface area contributed by atoms with Gasteiger partial charge in [0.2, 0.25) is 5.91 Å². The fourth-order valence-electron chi connectivity index (χ4n) is 3.49. The molecule has 148 valence electrons. The summed E-state index contributed by atoms with van der Waals surface area (Å²) in [5, 5.41) is 6.18.